The van der Waals surface area contributed by atoms with Gasteiger partial charge in [0.1, 0.15) is 5.75 Å². The van der Waals surface area contributed by atoms with Gasteiger partial charge in [-0.05, 0) is 36.4 Å². The molecule has 0 saturated carbocycles. The molecule has 0 saturated heterocycles. The van der Waals surface area contributed by atoms with E-state index in [0.29, 0.717) is 15.8 Å². The molecule has 0 N–H and O–H groups in total. The zero-order chi connectivity index (χ0) is 15.5. The molecule has 0 radical (unpaired) electrons. The first-order valence-electron chi connectivity index (χ1n) is 6.74. The Bertz CT molecular complexity index is 859. The van der Waals surface area contributed by atoms with Crippen LogP contribution in [-0.4, -0.2) is 12.1 Å². The fourth-order valence-corrected chi connectivity index (χ4v) is 2.86. The smallest absolute Gasteiger partial charge is 0.144 e. The molecular formula is C18H13Cl2NO. The lowest BCUT2D eigenvalue weighted by Crippen LogP contribution is -1.89. The van der Waals surface area contributed by atoms with Crippen LogP contribution < -0.4 is 4.74 Å². The average Bonchev–Trinajstić information content (AvgIpc) is 2.52. The number of para-hydroxylation sites is 1. The van der Waals surface area contributed by atoms with Crippen LogP contribution in [0.4, 0.5) is 0 Å². The number of rotatable bonds is 3. The summed E-state index contributed by atoms with van der Waals surface area (Å²) in [6.45, 7) is 0. The molecular weight excluding hydrogens is 317 g/mol. The summed E-state index contributed by atoms with van der Waals surface area (Å²) >= 11 is 12.2. The van der Waals surface area contributed by atoms with Gasteiger partial charge in [-0.2, -0.15) is 0 Å². The average molecular weight is 330 g/mol. The first kappa shape index (κ1) is 14.9. The van der Waals surface area contributed by atoms with E-state index in [1.165, 1.54) is 0 Å². The monoisotopic (exact) mass is 329 g/mol. The number of hydrogen-bond donors (Lipinski definition) is 0. The van der Waals surface area contributed by atoms with Crippen LogP contribution in [0.15, 0.2) is 48.5 Å². The van der Waals surface area contributed by atoms with Crippen LogP contribution >= 0.6 is 23.2 Å². The zero-order valence-electron chi connectivity index (χ0n) is 11.9. The third-order valence-corrected chi connectivity index (χ3v) is 3.79. The lowest BCUT2D eigenvalue weighted by Gasteiger charge is -2.07. The number of fused-ring (bicyclic) bond motifs is 1. The van der Waals surface area contributed by atoms with Gasteiger partial charge in [0.05, 0.1) is 23.3 Å². The third kappa shape index (κ3) is 3.08. The summed E-state index contributed by atoms with van der Waals surface area (Å²) in [5.74, 6) is 0.600. The molecule has 3 rings (SSSR count). The number of benzene rings is 2. The van der Waals surface area contributed by atoms with Gasteiger partial charge in [-0.25, -0.2) is 4.98 Å². The van der Waals surface area contributed by atoms with Crippen molar-refractivity contribution in [2.24, 2.45) is 0 Å². The van der Waals surface area contributed by atoms with E-state index in [0.717, 1.165) is 22.2 Å². The van der Waals surface area contributed by atoms with Crippen LogP contribution in [-0.2, 0) is 0 Å². The Morgan fingerprint density at radius 1 is 1.00 bits per heavy atom. The Morgan fingerprint density at radius 2 is 1.82 bits per heavy atom. The Hall–Kier alpha value is -2.03. The van der Waals surface area contributed by atoms with Crippen molar-refractivity contribution >= 4 is 46.3 Å². The van der Waals surface area contributed by atoms with Gasteiger partial charge in [-0.3, -0.25) is 0 Å². The van der Waals surface area contributed by atoms with Crippen LogP contribution in [0, 0.1) is 0 Å². The molecule has 2 nitrogen and oxygen atoms in total. The number of nitrogens with zero attached hydrogens (tertiary/aromatic N) is 1. The maximum absolute atomic E-state index is 6.14. The van der Waals surface area contributed by atoms with Crippen molar-refractivity contribution in [1.82, 2.24) is 4.98 Å². The van der Waals surface area contributed by atoms with Crippen molar-refractivity contribution < 1.29 is 4.74 Å². The molecule has 0 amide bonds. The molecule has 3 aromatic rings. The molecule has 0 aliphatic heterocycles. The number of methoxy groups -OCH3 is 1. The molecule has 4 heteroatoms. The van der Waals surface area contributed by atoms with Gasteiger partial charge in [-0.1, -0.05) is 47.5 Å². The van der Waals surface area contributed by atoms with Crippen LogP contribution in [0.1, 0.15) is 11.3 Å². The minimum atomic E-state index is 0.487. The lowest BCUT2D eigenvalue weighted by molar-refractivity contribution is 0.414. The predicted octanol–water partition coefficient (Wildman–Crippen LogP) is 5.72. The summed E-state index contributed by atoms with van der Waals surface area (Å²) < 4.78 is 5.33. The van der Waals surface area contributed by atoms with E-state index in [2.05, 4.69) is 4.98 Å². The van der Waals surface area contributed by atoms with E-state index < -0.39 is 0 Å². The molecule has 0 fully saturated rings. The molecule has 0 aliphatic rings. The van der Waals surface area contributed by atoms with Crippen LogP contribution in [0.25, 0.3) is 23.1 Å². The van der Waals surface area contributed by atoms with Crippen molar-refractivity contribution in [3.63, 3.8) is 0 Å². The first-order chi connectivity index (χ1) is 10.7. The van der Waals surface area contributed by atoms with E-state index in [4.69, 9.17) is 27.9 Å². The number of pyridine rings is 1. The third-order valence-electron chi connectivity index (χ3n) is 3.29. The highest BCUT2D eigenvalue weighted by atomic mass is 35.5. The molecule has 22 heavy (non-hydrogen) atoms. The molecule has 2 aromatic carbocycles. The van der Waals surface area contributed by atoms with Gasteiger partial charge < -0.3 is 4.74 Å². The second kappa shape index (κ2) is 6.39. The molecule has 0 spiro atoms. The summed E-state index contributed by atoms with van der Waals surface area (Å²) in [7, 11) is 1.58. The summed E-state index contributed by atoms with van der Waals surface area (Å²) in [6, 6.07) is 15.5. The van der Waals surface area contributed by atoms with Crippen molar-refractivity contribution in [1.29, 1.82) is 0 Å². The Labute approximate surface area is 139 Å². The maximum atomic E-state index is 6.14. The van der Waals surface area contributed by atoms with E-state index in [-0.39, 0.29) is 0 Å². The summed E-state index contributed by atoms with van der Waals surface area (Å²) in [5, 5.41) is 2.17. The van der Waals surface area contributed by atoms with Crippen LogP contribution in [0.5, 0.6) is 5.75 Å². The summed E-state index contributed by atoms with van der Waals surface area (Å²) in [6.07, 6.45) is 3.81. The van der Waals surface area contributed by atoms with Crippen LogP contribution in [0.2, 0.25) is 10.0 Å². The summed E-state index contributed by atoms with van der Waals surface area (Å²) in [5.41, 5.74) is 2.63. The van der Waals surface area contributed by atoms with Gasteiger partial charge >= 0.3 is 0 Å². The fraction of sp³-hybridized carbons (Fsp3) is 0.0556. The molecule has 0 aliphatic carbocycles. The van der Waals surface area contributed by atoms with E-state index in [1.54, 1.807) is 13.2 Å². The second-order valence-corrected chi connectivity index (χ2v) is 5.62. The largest absolute Gasteiger partial charge is 0.495 e. The molecule has 0 atom stereocenters. The molecule has 110 valence electrons. The highest BCUT2D eigenvalue weighted by molar-refractivity contribution is 6.36. The van der Waals surface area contributed by atoms with Gasteiger partial charge in [0.2, 0.25) is 0 Å². The minimum absolute atomic E-state index is 0.487. The number of aromatic nitrogens is 1. The van der Waals surface area contributed by atoms with Crippen molar-refractivity contribution in [2.45, 2.75) is 0 Å². The van der Waals surface area contributed by atoms with Crippen molar-refractivity contribution in [2.75, 3.05) is 7.11 Å². The first-order valence-corrected chi connectivity index (χ1v) is 7.50. The highest BCUT2D eigenvalue weighted by Crippen LogP contribution is 2.33. The van der Waals surface area contributed by atoms with Gasteiger partial charge in [0, 0.05) is 16.0 Å². The van der Waals surface area contributed by atoms with Gasteiger partial charge in [0.25, 0.3) is 0 Å². The van der Waals surface area contributed by atoms with E-state index in [9.17, 15) is 0 Å². The van der Waals surface area contributed by atoms with Gasteiger partial charge in [-0.15, -0.1) is 0 Å². The SMILES string of the molecule is COc1c(Cl)cc(Cl)cc1C=Cc1ccc2ccccc2n1. The number of ether oxygens (including phenoxy) is 1. The topological polar surface area (TPSA) is 22.1 Å². The zero-order valence-corrected chi connectivity index (χ0v) is 13.4. The van der Waals surface area contributed by atoms with Crippen molar-refractivity contribution in [3.8, 4) is 5.75 Å². The van der Waals surface area contributed by atoms with Gasteiger partial charge in [0.15, 0.2) is 0 Å². The quantitative estimate of drug-likeness (QED) is 0.613. The fourth-order valence-electron chi connectivity index (χ4n) is 2.27. The minimum Gasteiger partial charge on any atom is -0.495 e. The Morgan fingerprint density at radius 3 is 2.64 bits per heavy atom. The van der Waals surface area contributed by atoms with Crippen molar-refractivity contribution in [3.05, 3.63) is 69.8 Å². The number of halogens is 2. The Balaban J connectivity index is 1.99. The number of hydrogen-bond acceptors (Lipinski definition) is 2. The Kier molecular flexibility index (Phi) is 4.32. The molecule has 1 aromatic heterocycles. The molecule has 0 bridgehead atoms. The highest BCUT2D eigenvalue weighted by Gasteiger charge is 2.07. The van der Waals surface area contributed by atoms with E-state index in [1.807, 2.05) is 54.6 Å². The summed E-state index contributed by atoms with van der Waals surface area (Å²) in [4.78, 5) is 4.60. The normalized spacial score (nSPS) is 11.2. The van der Waals surface area contributed by atoms with E-state index >= 15 is 0 Å². The molecule has 0 unspecified atom stereocenters. The van der Waals surface area contributed by atoms with Crippen LogP contribution in [0.3, 0.4) is 0 Å². The predicted molar refractivity (Wildman–Crippen MR) is 93.7 cm³/mol. The standard InChI is InChI=1S/C18H13Cl2NO/c1-22-18-13(10-14(19)11-16(18)20)7-9-15-8-6-12-4-2-3-5-17(12)21-15/h2-11H,1H3. The maximum Gasteiger partial charge on any atom is 0.144 e. The molecule has 1 heterocycles. The second-order valence-electron chi connectivity index (χ2n) is 4.77. The lowest BCUT2D eigenvalue weighted by atomic mass is 10.1.